The van der Waals surface area contributed by atoms with Crippen LogP contribution in [0.2, 0.25) is 15.1 Å². The molecule has 0 fully saturated rings. The maximum Gasteiger partial charge on any atom is 0.245 e. The second-order valence-electron chi connectivity index (χ2n) is 10.2. The molecule has 2 aromatic rings. The number of ether oxygens (including phenoxy) is 2. The van der Waals surface area contributed by atoms with E-state index in [2.05, 4.69) is 14.8 Å². The summed E-state index contributed by atoms with van der Waals surface area (Å²) in [6.07, 6.45) is 0.0966. The molecular weight excluding hydrogens is 691 g/mol. The lowest BCUT2D eigenvalue weighted by atomic mass is 10.0. The highest BCUT2D eigenvalue weighted by atomic mass is 35.5. The molecule has 3 N–H and O–H groups in total. The van der Waals surface area contributed by atoms with Crippen molar-refractivity contribution in [3.05, 3.63) is 63.1 Å². The van der Waals surface area contributed by atoms with Crippen molar-refractivity contribution in [1.82, 2.24) is 19.7 Å². The van der Waals surface area contributed by atoms with Crippen molar-refractivity contribution in [1.29, 1.82) is 0 Å². The Kier molecular flexibility index (Phi) is 15.5. The summed E-state index contributed by atoms with van der Waals surface area (Å²) >= 11 is 18.0. The van der Waals surface area contributed by atoms with Gasteiger partial charge in [-0.05, 0) is 63.6 Å². The number of carbonyl (C=O) groups is 2. The molecule has 0 radical (unpaired) electrons. The Morgan fingerprint density at radius 1 is 0.889 bits per heavy atom. The Bertz CT molecular complexity index is 1500. The van der Waals surface area contributed by atoms with E-state index in [1.54, 1.807) is 52.0 Å². The van der Waals surface area contributed by atoms with Gasteiger partial charge in [-0.2, -0.15) is 0 Å². The van der Waals surface area contributed by atoms with E-state index in [0.717, 1.165) is 6.26 Å². The van der Waals surface area contributed by atoms with Crippen molar-refractivity contribution in [3.63, 3.8) is 0 Å². The molecule has 0 spiro atoms. The van der Waals surface area contributed by atoms with Gasteiger partial charge in [-0.15, -0.1) is 0 Å². The van der Waals surface area contributed by atoms with Gasteiger partial charge < -0.3 is 19.7 Å². The number of halogens is 3. The van der Waals surface area contributed by atoms with E-state index < -0.39 is 56.8 Å². The summed E-state index contributed by atoms with van der Waals surface area (Å²) in [5.74, 6) is -1.45. The zero-order valence-electron chi connectivity index (χ0n) is 25.5. The Morgan fingerprint density at radius 3 is 1.98 bits per heavy atom. The Balaban J connectivity index is 2.42. The Labute approximate surface area is 280 Å². The predicted molar refractivity (Wildman–Crippen MR) is 174 cm³/mol. The third-order valence-corrected chi connectivity index (χ3v) is 9.36. The molecule has 2 atom stereocenters. The highest BCUT2D eigenvalue weighted by Gasteiger charge is 2.33. The minimum Gasteiger partial charge on any atom is -0.351 e. The van der Waals surface area contributed by atoms with Crippen LogP contribution in [-0.2, 0) is 45.5 Å². The zero-order valence-corrected chi connectivity index (χ0v) is 29.5. The molecule has 0 saturated heterocycles. The molecule has 0 aromatic heterocycles. The topological polar surface area (TPSA) is 160 Å². The second kappa shape index (κ2) is 17.8. The average molecular weight is 730 g/mol. The van der Waals surface area contributed by atoms with Crippen LogP contribution in [0.15, 0.2) is 47.4 Å². The second-order valence-corrected chi connectivity index (χ2v) is 15.0. The van der Waals surface area contributed by atoms with Gasteiger partial charge in [0.15, 0.2) is 6.29 Å². The lowest BCUT2D eigenvalue weighted by Gasteiger charge is -2.34. The smallest absolute Gasteiger partial charge is 0.245 e. The first-order chi connectivity index (χ1) is 21.0. The average Bonchev–Trinajstić information content (AvgIpc) is 2.93. The SMILES string of the molecule is CCOC(CN(C(=O)C(Cc1ccc(Cl)cc1)NC(=O)C(CNS(=O)(=O)c1ccc(Cl)cc1Cl)NS(C)(=O)=O)C(C)C)OCC. The van der Waals surface area contributed by atoms with Gasteiger partial charge in [-0.1, -0.05) is 46.9 Å². The highest BCUT2D eigenvalue weighted by Crippen LogP contribution is 2.24. The zero-order chi connectivity index (χ0) is 33.9. The standard InChI is InChI=1S/C28H39Cl3N4O8S2/c1-6-42-26(43-7-2)17-35(18(3)4)28(37)23(14-19-8-10-20(29)11-9-19)33-27(36)24(34-44(5,38)39)16-32-45(40,41)25-13-12-21(30)15-22(25)31/h8-13,15,18,23-24,26,32,34H,6-7,14,16-17H2,1-5H3,(H,33,36). The van der Waals surface area contributed by atoms with E-state index in [4.69, 9.17) is 44.3 Å². The van der Waals surface area contributed by atoms with Crippen LogP contribution in [0.1, 0.15) is 33.3 Å². The molecule has 0 saturated carbocycles. The van der Waals surface area contributed by atoms with Crippen LogP contribution in [0.4, 0.5) is 0 Å². The lowest BCUT2D eigenvalue weighted by molar-refractivity contribution is -0.163. The third kappa shape index (κ3) is 13.0. The van der Waals surface area contributed by atoms with Crippen LogP contribution in [-0.4, -0.2) is 90.5 Å². The molecule has 0 aliphatic heterocycles. The monoisotopic (exact) mass is 728 g/mol. The molecule has 45 heavy (non-hydrogen) atoms. The van der Waals surface area contributed by atoms with Crippen LogP contribution in [0.25, 0.3) is 0 Å². The number of rotatable bonds is 18. The predicted octanol–water partition coefficient (Wildman–Crippen LogP) is 3.21. The number of amides is 2. The van der Waals surface area contributed by atoms with E-state index >= 15 is 0 Å². The molecule has 2 unspecified atom stereocenters. The highest BCUT2D eigenvalue weighted by molar-refractivity contribution is 7.89. The molecule has 252 valence electrons. The maximum absolute atomic E-state index is 14.0. The fraction of sp³-hybridized carbons (Fsp3) is 0.500. The summed E-state index contributed by atoms with van der Waals surface area (Å²) in [5.41, 5.74) is 0.652. The van der Waals surface area contributed by atoms with Crippen molar-refractivity contribution in [2.75, 3.05) is 32.6 Å². The number of carbonyl (C=O) groups excluding carboxylic acids is 2. The maximum atomic E-state index is 14.0. The molecule has 0 heterocycles. The van der Waals surface area contributed by atoms with E-state index in [0.29, 0.717) is 23.8 Å². The molecule has 2 rings (SSSR count). The minimum atomic E-state index is -4.31. The molecular formula is C28H39Cl3N4O8S2. The van der Waals surface area contributed by atoms with Crippen molar-refractivity contribution in [3.8, 4) is 0 Å². The number of hydrogen-bond acceptors (Lipinski definition) is 8. The first-order valence-electron chi connectivity index (χ1n) is 14.0. The summed E-state index contributed by atoms with van der Waals surface area (Å²) in [6.45, 7) is 7.20. The van der Waals surface area contributed by atoms with Gasteiger partial charge in [0.1, 0.15) is 17.0 Å². The number of hydrogen-bond donors (Lipinski definition) is 3. The minimum absolute atomic E-state index is 0.0105. The van der Waals surface area contributed by atoms with Crippen LogP contribution < -0.4 is 14.8 Å². The van der Waals surface area contributed by atoms with Crippen LogP contribution in [0.5, 0.6) is 0 Å². The van der Waals surface area contributed by atoms with E-state index in [-0.39, 0.29) is 33.9 Å². The van der Waals surface area contributed by atoms with Crippen LogP contribution >= 0.6 is 34.8 Å². The van der Waals surface area contributed by atoms with Gasteiger partial charge in [-0.25, -0.2) is 26.3 Å². The van der Waals surface area contributed by atoms with Gasteiger partial charge >= 0.3 is 0 Å². The molecule has 0 aliphatic rings. The van der Waals surface area contributed by atoms with Crippen LogP contribution in [0.3, 0.4) is 0 Å². The summed E-state index contributed by atoms with van der Waals surface area (Å²) in [7, 11) is -8.33. The molecule has 2 aromatic carbocycles. The Morgan fingerprint density at radius 2 is 1.47 bits per heavy atom. The van der Waals surface area contributed by atoms with Crippen molar-refractivity contribution in [2.24, 2.45) is 0 Å². The first-order valence-corrected chi connectivity index (χ1v) is 18.5. The molecule has 2 amide bonds. The largest absolute Gasteiger partial charge is 0.351 e. The number of benzene rings is 2. The van der Waals surface area contributed by atoms with Crippen molar-refractivity contribution >= 4 is 66.7 Å². The molecule has 12 nitrogen and oxygen atoms in total. The third-order valence-electron chi connectivity index (χ3n) is 6.26. The van der Waals surface area contributed by atoms with Crippen molar-refractivity contribution < 1.29 is 35.9 Å². The summed E-state index contributed by atoms with van der Waals surface area (Å²) in [4.78, 5) is 28.8. The Hall–Kier alpha value is -2.01. The van der Waals surface area contributed by atoms with Gasteiger partial charge in [-0.3, -0.25) is 9.59 Å². The summed E-state index contributed by atoms with van der Waals surface area (Å²) in [6, 6.07) is 7.17. The molecule has 0 aliphatic carbocycles. The van der Waals surface area contributed by atoms with Gasteiger partial charge in [0.05, 0.1) is 17.8 Å². The molecule has 0 bridgehead atoms. The fourth-order valence-corrected chi connectivity index (χ4v) is 6.83. The van der Waals surface area contributed by atoms with E-state index in [1.165, 1.54) is 23.1 Å². The fourth-order valence-electron chi connectivity index (χ4n) is 4.18. The van der Waals surface area contributed by atoms with Gasteiger partial charge in [0.25, 0.3) is 0 Å². The number of nitrogens with zero attached hydrogens (tertiary/aromatic N) is 1. The number of nitrogens with one attached hydrogen (secondary N) is 3. The van der Waals surface area contributed by atoms with Crippen molar-refractivity contribution in [2.45, 2.75) is 63.4 Å². The van der Waals surface area contributed by atoms with E-state index in [9.17, 15) is 26.4 Å². The first kappa shape index (κ1) is 39.2. The molecule has 17 heteroatoms. The van der Waals surface area contributed by atoms with E-state index in [1.807, 2.05) is 0 Å². The normalized spacial score (nSPS) is 13.6. The summed E-state index contributed by atoms with van der Waals surface area (Å²) < 4.78 is 66.0. The number of sulfonamides is 2. The van der Waals surface area contributed by atoms with Gasteiger partial charge in [0, 0.05) is 42.3 Å². The lowest BCUT2D eigenvalue weighted by Crippen LogP contribution is -2.59. The quantitative estimate of drug-likeness (QED) is 0.197. The van der Waals surface area contributed by atoms with Crippen LogP contribution in [0, 0.1) is 0 Å². The van der Waals surface area contributed by atoms with Gasteiger partial charge in [0.2, 0.25) is 31.9 Å². The summed E-state index contributed by atoms with van der Waals surface area (Å²) in [5, 5.41) is 3.12.